The third-order valence-corrected chi connectivity index (χ3v) is 4.77. The van der Waals surface area contributed by atoms with E-state index >= 15 is 0 Å². The summed E-state index contributed by atoms with van der Waals surface area (Å²) in [4.78, 5) is 36.2. The van der Waals surface area contributed by atoms with E-state index in [1.165, 1.54) is 6.92 Å². The first-order valence-corrected chi connectivity index (χ1v) is 8.96. The minimum absolute atomic E-state index is 0.0236. The van der Waals surface area contributed by atoms with E-state index in [9.17, 15) is 9.59 Å². The predicted octanol–water partition coefficient (Wildman–Crippen LogP) is 0.756. The van der Waals surface area contributed by atoms with Gasteiger partial charge in [0.15, 0.2) is 0 Å². The number of urea groups is 1. The molecule has 1 aromatic heterocycles. The largest absolute Gasteiger partial charge is 0.352 e. The van der Waals surface area contributed by atoms with Gasteiger partial charge in [-0.3, -0.25) is 4.79 Å². The van der Waals surface area contributed by atoms with Gasteiger partial charge in [-0.2, -0.15) is 0 Å². The molecule has 0 saturated carbocycles. The molecule has 3 heterocycles. The Morgan fingerprint density at radius 1 is 1.04 bits per heavy atom. The Morgan fingerprint density at radius 3 is 2.44 bits per heavy atom. The maximum atomic E-state index is 12.5. The summed E-state index contributed by atoms with van der Waals surface area (Å²) in [5.74, 6) is 0.712. The molecule has 1 atom stereocenters. The van der Waals surface area contributed by atoms with Crippen LogP contribution in [0, 0.1) is 0 Å². The molecule has 0 bridgehead atoms. The first-order chi connectivity index (χ1) is 12.1. The van der Waals surface area contributed by atoms with E-state index in [2.05, 4.69) is 25.5 Å². The van der Waals surface area contributed by atoms with Crippen molar-refractivity contribution in [3.05, 3.63) is 18.5 Å². The fourth-order valence-electron chi connectivity index (χ4n) is 3.51. The number of anilines is 1. The highest BCUT2D eigenvalue weighted by molar-refractivity contribution is 5.75. The van der Waals surface area contributed by atoms with Gasteiger partial charge in [-0.1, -0.05) is 0 Å². The monoisotopic (exact) mass is 346 g/mol. The number of piperidine rings is 2. The van der Waals surface area contributed by atoms with Gasteiger partial charge in [0, 0.05) is 57.6 Å². The van der Waals surface area contributed by atoms with Crippen LogP contribution in [-0.2, 0) is 4.79 Å². The second kappa shape index (κ2) is 8.13. The van der Waals surface area contributed by atoms with E-state index in [4.69, 9.17) is 0 Å². The van der Waals surface area contributed by atoms with Crippen molar-refractivity contribution in [3.63, 3.8) is 0 Å². The molecule has 0 unspecified atom stereocenters. The molecule has 0 radical (unpaired) electrons. The summed E-state index contributed by atoms with van der Waals surface area (Å²) in [6.07, 6.45) is 7.11. The molecule has 2 saturated heterocycles. The number of likely N-dealkylation sites (tertiary alicyclic amines) is 1. The standard InChI is InChI=1S/C17H26N6O2/c1-13(24)20-15-4-2-9-23(12-15)17(25)21-14-5-10-22(11-6-14)16-18-7-3-8-19-16/h3,7-8,14-15H,2,4-6,9-12H2,1H3,(H,20,24)(H,21,25)/t15-/m0/s1. The summed E-state index contributed by atoms with van der Waals surface area (Å²) in [6, 6.07) is 2.02. The molecule has 1 aromatic rings. The lowest BCUT2D eigenvalue weighted by molar-refractivity contribution is -0.119. The van der Waals surface area contributed by atoms with Crippen LogP contribution in [0.2, 0.25) is 0 Å². The third kappa shape index (κ3) is 4.80. The van der Waals surface area contributed by atoms with Gasteiger partial charge in [0.25, 0.3) is 0 Å². The smallest absolute Gasteiger partial charge is 0.317 e. The second-order valence-electron chi connectivity index (χ2n) is 6.75. The average Bonchev–Trinajstić information content (AvgIpc) is 2.63. The SMILES string of the molecule is CC(=O)N[C@H]1CCCN(C(=O)NC2CCN(c3ncccn3)CC2)C1. The molecule has 0 spiro atoms. The highest BCUT2D eigenvalue weighted by Gasteiger charge is 2.27. The van der Waals surface area contributed by atoms with Crippen molar-refractivity contribution >= 4 is 17.9 Å². The van der Waals surface area contributed by atoms with Crippen molar-refractivity contribution < 1.29 is 9.59 Å². The van der Waals surface area contributed by atoms with Crippen LogP contribution in [0.15, 0.2) is 18.5 Å². The molecule has 8 heteroatoms. The van der Waals surface area contributed by atoms with Crippen LogP contribution in [0.4, 0.5) is 10.7 Å². The zero-order valence-corrected chi connectivity index (χ0v) is 14.6. The highest BCUT2D eigenvalue weighted by atomic mass is 16.2. The van der Waals surface area contributed by atoms with Crippen molar-refractivity contribution in [2.45, 2.75) is 44.7 Å². The topological polar surface area (TPSA) is 90.5 Å². The molecular formula is C17H26N6O2. The Kier molecular flexibility index (Phi) is 5.67. The molecule has 2 N–H and O–H groups in total. The lowest BCUT2D eigenvalue weighted by atomic mass is 10.0. The molecule has 8 nitrogen and oxygen atoms in total. The summed E-state index contributed by atoms with van der Waals surface area (Å²) in [5, 5.41) is 6.05. The van der Waals surface area contributed by atoms with Crippen molar-refractivity contribution in [1.82, 2.24) is 25.5 Å². The summed E-state index contributed by atoms with van der Waals surface area (Å²) >= 11 is 0. The number of amides is 3. The van der Waals surface area contributed by atoms with Crippen LogP contribution in [0.3, 0.4) is 0 Å². The molecule has 0 aliphatic carbocycles. The number of carbonyl (C=O) groups is 2. The third-order valence-electron chi connectivity index (χ3n) is 4.77. The first-order valence-electron chi connectivity index (χ1n) is 8.96. The van der Waals surface area contributed by atoms with Gasteiger partial charge < -0.3 is 20.4 Å². The number of carbonyl (C=O) groups excluding carboxylic acids is 2. The fraction of sp³-hybridized carbons (Fsp3) is 0.647. The van der Waals surface area contributed by atoms with Crippen LogP contribution < -0.4 is 15.5 Å². The van der Waals surface area contributed by atoms with Crippen LogP contribution in [-0.4, -0.2) is 65.1 Å². The summed E-state index contributed by atoms with van der Waals surface area (Å²) in [5.41, 5.74) is 0. The minimum Gasteiger partial charge on any atom is -0.352 e. The number of hydrogen-bond acceptors (Lipinski definition) is 5. The number of nitrogens with one attached hydrogen (secondary N) is 2. The predicted molar refractivity (Wildman–Crippen MR) is 94.2 cm³/mol. The van der Waals surface area contributed by atoms with Crippen molar-refractivity contribution in [1.29, 1.82) is 0 Å². The summed E-state index contributed by atoms with van der Waals surface area (Å²) < 4.78 is 0. The lowest BCUT2D eigenvalue weighted by Crippen LogP contribution is -2.54. The Balaban J connectivity index is 1.45. The van der Waals surface area contributed by atoms with Crippen LogP contribution in [0.25, 0.3) is 0 Å². The second-order valence-corrected chi connectivity index (χ2v) is 6.75. The Hall–Kier alpha value is -2.38. The van der Waals surface area contributed by atoms with Gasteiger partial charge in [-0.15, -0.1) is 0 Å². The van der Waals surface area contributed by atoms with Gasteiger partial charge in [-0.25, -0.2) is 14.8 Å². The highest BCUT2D eigenvalue weighted by Crippen LogP contribution is 2.16. The zero-order chi connectivity index (χ0) is 17.6. The van der Waals surface area contributed by atoms with E-state index in [1.54, 1.807) is 12.4 Å². The molecule has 25 heavy (non-hydrogen) atoms. The normalized spacial score (nSPS) is 21.7. The first kappa shape index (κ1) is 17.4. The molecular weight excluding hydrogens is 320 g/mol. The van der Waals surface area contributed by atoms with Gasteiger partial charge in [0.1, 0.15) is 0 Å². The van der Waals surface area contributed by atoms with Gasteiger partial charge in [0.2, 0.25) is 11.9 Å². The Morgan fingerprint density at radius 2 is 1.76 bits per heavy atom. The van der Waals surface area contributed by atoms with Crippen molar-refractivity contribution in [2.24, 2.45) is 0 Å². The quantitative estimate of drug-likeness (QED) is 0.843. The van der Waals surface area contributed by atoms with Crippen molar-refractivity contribution in [3.8, 4) is 0 Å². The van der Waals surface area contributed by atoms with Crippen LogP contribution in [0.5, 0.6) is 0 Å². The van der Waals surface area contributed by atoms with Gasteiger partial charge in [0.05, 0.1) is 0 Å². The Labute approximate surface area is 148 Å². The average molecular weight is 346 g/mol. The summed E-state index contributed by atoms with van der Waals surface area (Å²) in [6.45, 7) is 4.52. The molecule has 3 amide bonds. The number of aromatic nitrogens is 2. The van der Waals surface area contributed by atoms with E-state index in [0.29, 0.717) is 6.54 Å². The number of hydrogen-bond donors (Lipinski definition) is 2. The van der Waals surface area contributed by atoms with Crippen LogP contribution >= 0.6 is 0 Å². The summed E-state index contributed by atoms with van der Waals surface area (Å²) in [7, 11) is 0. The van der Waals surface area contributed by atoms with E-state index in [1.807, 2.05) is 11.0 Å². The van der Waals surface area contributed by atoms with Gasteiger partial charge in [-0.05, 0) is 31.7 Å². The molecule has 2 fully saturated rings. The molecule has 0 aromatic carbocycles. The molecule has 2 aliphatic rings. The molecule has 3 rings (SSSR count). The van der Waals surface area contributed by atoms with Crippen LogP contribution in [0.1, 0.15) is 32.6 Å². The maximum Gasteiger partial charge on any atom is 0.317 e. The maximum absolute atomic E-state index is 12.5. The lowest BCUT2D eigenvalue weighted by Gasteiger charge is -2.36. The number of nitrogens with zero attached hydrogens (tertiary/aromatic N) is 4. The Bertz CT molecular complexity index is 588. The van der Waals surface area contributed by atoms with Gasteiger partial charge >= 0.3 is 6.03 Å². The number of rotatable bonds is 3. The fourth-order valence-corrected chi connectivity index (χ4v) is 3.51. The minimum atomic E-state index is -0.0391. The van der Waals surface area contributed by atoms with E-state index in [0.717, 1.165) is 51.3 Å². The molecule has 136 valence electrons. The van der Waals surface area contributed by atoms with E-state index < -0.39 is 0 Å². The zero-order valence-electron chi connectivity index (χ0n) is 14.6. The van der Waals surface area contributed by atoms with Crippen molar-refractivity contribution in [2.75, 3.05) is 31.1 Å². The molecule has 2 aliphatic heterocycles. The van der Waals surface area contributed by atoms with E-state index in [-0.39, 0.29) is 24.0 Å².